The number of benzene rings is 1. The van der Waals surface area contributed by atoms with Crippen LogP contribution in [-0.4, -0.2) is 26.2 Å². The summed E-state index contributed by atoms with van der Waals surface area (Å²) in [4.78, 5) is 2.36. The number of anilines is 2. The molecule has 0 atom stereocenters. The average molecular weight is 220 g/mol. The zero-order chi connectivity index (χ0) is 11.5. The van der Waals surface area contributed by atoms with Crippen LogP contribution >= 0.6 is 0 Å². The third-order valence-corrected chi connectivity index (χ3v) is 3.07. The minimum absolute atomic E-state index is 0.505. The van der Waals surface area contributed by atoms with E-state index < -0.39 is 0 Å². The molecule has 0 saturated carbocycles. The van der Waals surface area contributed by atoms with Gasteiger partial charge < -0.3 is 21.7 Å². The van der Waals surface area contributed by atoms with E-state index in [4.69, 9.17) is 11.5 Å². The van der Waals surface area contributed by atoms with E-state index in [2.05, 4.69) is 23.2 Å². The summed E-state index contributed by atoms with van der Waals surface area (Å²) >= 11 is 0. The standard InChI is InChI=1S/C12H20N4/c1-9-6-11(14)10(8-13)12(7-9)16-4-2-15-3-5-16/h6-7,15H,2-5,8,13-14H2,1H3. The van der Waals surface area contributed by atoms with Gasteiger partial charge >= 0.3 is 0 Å². The molecule has 88 valence electrons. The second-order valence-corrected chi connectivity index (χ2v) is 4.29. The van der Waals surface area contributed by atoms with Gasteiger partial charge in [-0.1, -0.05) is 0 Å². The van der Waals surface area contributed by atoms with Crippen molar-refractivity contribution in [2.24, 2.45) is 5.73 Å². The SMILES string of the molecule is Cc1cc(N)c(CN)c(N2CCNCC2)c1. The number of nitrogen functional groups attached to an aromatic ring is 1. The maximum Gasteiger partial charge on any atom is 0.0436 e. The van der Waals surface area contributed by atoms with Crippen LogP contribution < -0.4 is 21.7 Å². The van der Waals surface area contributed by atoms with E-state index in [0.717, 1.165) is 37.4 Å². The van der Waals surface area contributed by atoms with Crippen molar-refractivity contribution in [3.8, 4) is 0 Å². The van der Waals surface area contributed by atoms with Crippen LogP contribution in [0.1, 0.15) is 11.1 Å². The van der Waals surface area contributed by atoms with Crippen molar-refractivity contribution in [2.75, 3.05) is 36.8 Å². The fraction of sp³-hybridized carbons (Fsp3) is 0.500. The Morgan fingerprint density at radius 3 is 2.62 bits per heavy atom. The van der Waals surface area contributed by atoms with Crippen LogP contribution in [0.15, 0.2) is 12.1 Å². The first kappa shape index (κ1) is 11.2. The van der Waals surface area contributed by atoms with Gasteiger partial charge in [-0.3, -0.25) is 0 Å². The molecule has 2 rings (SSSR count). The number of piperazine rings is 1. The van der Waals surface area contributed by atoms with Crippen molar-refractivity contribution in [3.63, 3.8) is 0 Å². The third kappa shape index (κ3) is 2.13. The van der Waals surface area contributed by atoms with Gasteiger partial charge in [-0.25, -0.2) is 0 Å². The molecule has 1 heterocycles. The number of hydrogen-bond acceptors (Lipinski definition) is 4. The highest BCUT2D eigenvalue weighted by molar-refractivity contribution is 5.66. The molecule has 5 N–H and O–H groups in total. The summed E-state index contributed by atoms with van der Waals surface area (Å²) in [5, 5.41) is 3.35. The van der Waals surface area contributed by atoms with E-state index in [1.165, 1.54) is 11.3 Å². The Morgan fingerprint density at radius 1 is 1.31 bits per heavy atom. The Bertz CT molecular complexity index is 370. The van der Waals surface area contributed by atoms with Crippen molar-refractivity contribution in [3.05, 3.63) is 23.3 Å². The monoisotopic (exact) mass is 220 g/mol. The lowest BCUT2D eigenvalue weighted by Crippen LogP contribution is -2.44. The van der Waals surface area contributed by atoms with Gasteiger partial charge in [0.2, 0.25) is 0 Å². The van der Waals surface area contributed by atoms with Gasteiger partial charge in [-0.2, -0.15) is 0 Å². The van der Waals surface area contributed by atoms with Gasteiger partial charge in [0, 0.05) is 49.7 Å². The molecule has 0 aromatic heterocycles. The third-order valence-electron chi connectivity index (χ3n) is 3.07. The molecule has 0 bridgehead atoms. The number of nitrogens with one attached hydrogen (secondary N) is 1. The highest BCUT2D eigenvalue weighted by Gasteiger charge is 2.15. The molecule has 1 aliphatic heterocycles. The van der Waals surface area contributed by atoms with E-state index in [0.29, 0.717) is 6.54 Å². The molecule has 1 aromatic rings. The molecule has 1 aliphatic rings. The van der Waals surface area contributed by atoms with Crippen molar-refractivity contribution in [1.82, 2.24) is 5.32 Å². The second-order valence-electron chi connectivity index (χ2n) is 4.29. The number of nitrogens with zero attached hydrogens (tertiary/aromatic N) is 1. The molecule has 0 unspecified atom stereocenters. The van der Waals surface area contributed by atoms with Crippen LogP contribution in [0, 0.1) is 6.92 Å². The van der Waals surface area contributed by atoms with Crippen LogP contribution in [-0.2, 0) is 6.54 Å². The molecule has 1 saturated heterocycles. The van der Waals surface area contributed by atoms with E-state index in [1.54, 1.807) is 0 Å². The highest BCUT2D eigenvalue weighted by Crippen LogP contribution is 2.27. The van der Waals surface area contributed by atoms with Gasteiger partial charge in [-0.15, -0.1) is 0 Å². The predicted molar refractivity (Wildman–Crippen MR) is 68.6 cm³/mol. The first-order valence-corrected chi connectivity index (χ1v) is 5.77. The van der Waals surface area contributed by atoms with Gasteiger partial charge in [0.15, 0.2) is 0 Å². The maximum atomic E-state index is 6.02. The van der Waals surface area contributed by atoms with Crippen molar-refractivity contribution >= 4 is 11.4 Å². The summed E-state index contributed by atoms with van der Waals surface area (Å²) in [5.74, 6) is 0. The molecule has 0 radical (unpaired) electrons. The first-order valence-electron chi connectivity index (χ1n) is 5.77. The van der Waals surface area contributed by atoms with Crippen molar-refractivity contribution in [1.29, 1.82) is 0 Å². The molecule has 16 heavy (non-hydrogen) atoms. The lowest BCUT2D eigenvalue weighted by atomic mass is 10.1. The van der Waals surface area contributed by atoms with Gasteiger partial charge in [0.05, 0.1) is 0 Å². The van der Waals surface area contributed by atoms with Crippen molar-refractivity contribution < 1.29 is 0 Å². The Labute approximate surface area is 96.6 Å². The topological polar surface area (TPSA) is 67.3 Å². The Kier molecular flexibility index (Phi) is 3.31. The lowest BCUT2D eigenvalue weighted by molar-refractivity contribution is 0.588. The van der Waals surface area contributed by atoms with Crippen LogP contribution in [0.3, 0.4) is 0 Å². The number of hydrogen-bond donors (Lipinski definition) is 3. The molecule has 1 fully saturated rings. The minimum atomic E-state index is 0.505. The normalized spacial score (nSPS) is 16.5. The molecular formula is C12H20N4. The van der Waals surface area contributed by atoms with Crippen LogP contribution in [0.5, 0.6) is 0 Å². The molecular weight excluding hydrogens is 200 g/mol. The molecule has 4 heteroatoms. The summed E-state index contributed by atoms with van der Waals surface area (Å²) in [5.41, 5.74) is 16.1. The predicted octanol–water partition coefficient (Wildman–Crippen LogP) is 0.446. The second kappa shape index (κ2) is 4.72. The minimum Gasteiger partial charge on any atom is -0.398 e. The fourth-order valence-electron chi connectivity index (χ4n) is 2.24. The molecule has 0 amide bonds. The Hall–Kier alpha value is -1.26. The van der Waals surface area contributed by atoms with Crippen LogP contribution in [0.4, 0.5) is 11.4 Å². The maximum absolute atomic E-state index is 6.02. The first-order chi connectivity index (χ1) is 7.72. The number of rotatable bonds is 2. The van der Waals surface area contributed by atoms with Gasteiger partial charge in [0.1, 0.15) is 0 Å². The molecule has 1 aromatic carbocycles. The molecule has 0 spiro atoms. The average Bonchev–Trinajstić information content (AvgIpc) is 2.29. The summed E-state index contributed by atoms with van der Waals surface area (Å²) in [6.07, 6.45) is 0. The lowest BCUT2D eigenvalue weighted by Gasteiger charge is -2.31. The van der Waals surface area contributed by atoms with E-state index in [9.17, 15) is 0 Å². The fourth-order valence-corrected chi connectivity index (χ4v) is 2.24. The zero-order valence-electron chi connectivity index (χ0n) is 9.79. The molecule has 0 aliphatic carbocycles. The van der Waals surface area contributed by atoms with Crippen LogP contribution in [0.25, 0.3) is 0 Å². The summed E-state index contributed by atoms with van der Waals surface area (Å²) in [7, 11) is 0. The summed E-state index contributed by atoms with van der Waals surface area (Å²) in [6.45, 7) is 6.68. The van der Waals surface area contributed by atoms with Crippen molar-refractivity contribution in [2.45, 2.75) is 13.5 Å². The van der Waals surface area contributed by atoms with E-state index in [-0.39, 0.29) is 0 Å². The smallest absolute Gasteiger partial charge is 0.0436 e. The van der Waals surface area contributed by atoms with Gasteiger partial charge in [-0.05, 0) is 24.6 Å². The quantitative estimate of drug-likeness (QED) is 0.633. The Balaban J connectivity index is 2.36. The van der Waals surface area contributed by atoms with Gasteiger partial charge in [0.25, 0.3) is 0 Å². The largest absolute Gasteiger partial charge is 0.398 e. The van der Waals surface area contributed by atoms with Crippen LogP contribution in [0.2, 0.25) is 0 Å². The van der Waals surface area contributed by atoms with E-state index >= 15 is 0 Å². The highest BCUT2D eigenvalue weighted by atomic mass is 15.2. The summed E-state index contributed by atoms with van der Waals surface area (Å²) in [6, 6.07) is 4.18. The van der Waals surface area contributed by atoms with E-state index in [1.807, 2.05) is 6.07 Å². The zero-order valence-corrected chi connectivity index (χ0v) is 9.79. The number of nitrogens with two attached hydrogens (primary N) is 2. The molecule has 4 nitrogen and oxygen atoms in total. The summed E-state index contributed by atoms with van der Waals surface area (Å²) < 4.78 is 0. The number of aryl methyl sites for hydroxylation is 1. The Morgan fingerprint density at radius 2 is 2.00 bits per heavy atom.